The van der Waals surface area contributed by atoms with Crippen LogP contribution in [-0.4, -0.2) is 23.9 Å². The molecule has 1 aliphatic rings. The smallest absolute Gasteiger partial charge is 0.312 e. The molecule has 27 heavy (non-hydrogen) atoms. The van der Waals surface area contributed by atoms with Crippen molar-refractivity contribution in [3.8, 4) is 5.75 Å². The first-order valence-electron chi connectivity index (χ1n) is 9.17. The fourth-order valence-corrected chi connectivity index (χ4v) is 2.64. The minimum Gasteiger partial charge on any atom is -0.489 e. The quantitative estimate of drug-likeness (QED) is 0.811. The number of carbonyl (C=O) groups excluding carboxylic acids is 1. The number of nitrogens with one attached hydrogen (secondary N) is 1. The topological polar surface area (TPSA) is 85.9 Å². The van der Waals surface area contributed by atoms with E-state index in [0.29, 0.717) is 13.0 Å². The minimum atomic E-state index is -0.565. The van der Waals surface area contributed by atoms with Gasteiger partial charge in [-0.3, -0.25) is 0 Å². The summed E-state index contributed by atoms with van der Waals surface area (Å²) in [4.78, 5) is 16.3. The van der Waals surface area contributed by atoms with E-state index < -0.39 is 6.03 Å². The van der Waals surface area contributed by atoms with Crippen molar-refractivity contribution in [1.29, 1.82) is 0 Å². The first kappa shape index (κ1) is 20.3. The van der Waals surface area contributed by atoms with Gasteiger partial charge in [-0.05, 0) is 42.3 Å². The van der Waals surface area contributed by atoms with Gasteiger partial charge in [-0.1, -0.05) is 49.3 Å². The number of carbonyl (C=O) groups is 1. The van der Waals surface area contributed by atoms with Gasteiger partial charge in [0.25, 0.3) is 0 Å². The fraction of sp³-hybridized carbons (Fsp3) is 0.333. The number of benzene rings is 2. The molecule has 2 aromatic carbocycles. The van der Waals surface area contributed by atoms with E-state index in [1.165, 1.54) is 0 Å². The van der Waals surface area contributed by atoms with Crippen LogP contribution in [0, 0.1) is 0 Å². The standard InChI is InChI=1S/C19H21N3O3.C2H6/c1-13(21-19(20)23)18-11-17(22-25-18)15-7-9-16(10-8-15)24-12-14-5-3-2-4-6-14;1-2/h2-10,13,18H,11-12H2,1H3,(H3,20,21,23);1-2H3. The molecule has 2 unspecified atom stereocenters. The van der Waals surface area contributed by atoms with Crippen molar-refractivity contribution in [3.05, 3.63) is 65.7 Å². The molecule has 0 aromatic heterocycles. The van der Waals surface area contributed by atoms with E-state index in [1.807, 2.05) is 75.4 Å². The Bertz CT molecular complexity index is 745. The Kier molecular flexibility index (Phi) is 7.67. The number of nitrogens with zero attached hydrogens (tertiary/aromatic N) is 1. The van der Waals surface area contributed by atoms with Crippen LogP contribution in [-0.2, 0) is 11.4 Å². The van der Waals surface area contributed by atoms with Gasteiger partial charge in [0, 0.05) is 6.42 Å². The zero-order chi connectivity index (χ0) is 19.6. The molecule has 0 saturated carbocycles. The normalized spacial score (nSPS) is 16.3. The molecule has 144 valence electrons. The van der Waals surface area contributed by atoms with Crippen LogP contribution >= 0.6 is 0 Å². The second-order valence-electron chi connectivity index (χ2n) is 5.98. The van der Waals surface area contributed by atoms with Gasteiger partial charge in [0.2, 0.25) is 0 Å². The Labute approximate surface area is 160 Å². The number of amides is 2. The molecule has 3 N–H and O–H groups in total. The van der Waals surface area contributed by atoms with Gasteiger partial charge in [-0.15, -0.1) is 0 Å². The van der Waals surface area contributed by atoms with E-state index in [2.05, 4.69) is 10.5 Å². The molecule has 3 rings (SSSR count). The molecule has 1 aliphatic heterocycles. The first-order chi connectivity index (χ1) is 13.1. The molecule has 2 atom stereocenters. The SMILES string of the molecule is CC.CC(NC(N)=O)C1CC(c2ccc(OCc3ccccc3)cc2)=NO1. The van der Waals surface area contributed by atoms with Crippen LogP contribution in [0.5, 0.6) is 5.75 Å². The van der Waals surface area contributed by atoms with E-state index in [1.54, 1.807) is 0 Å². The number of hydrogen-bond acceptors (Lipinski definition) is 4. The molecule has 0 radical (unpaired) electrons. The van der Waals surface area contributed by atoms with E-state index in [0.717, 1.165) is 22.6 Å². The number of ether oxygens (including phenoxy) is 1. The lowest BCUT2D eigenvalue weighted by molar-refractivity contribution is 0.0630. The summed E-state index contributed by atoms with van der Waals surface area (Å²) in [6.45, 7) is 6.37. The molecule has 0 aliphatic carbocycles. The highest BCUT2D eigenvalue weighted by molar-refractivity contribution is 6.01. The average Bonchev–Trinajstić information content (AvgIpc) is 3.19. The zero-order valence-electron chi connectivity index (χ0n) is 16.0. The summed E-state index contributed by atoms with van der Waals surface area (Å²) >= 11 is 0. The predicted molar refractivity (Wildman–Crippen MR) is 107 cm³/mol. The molecule has 0 fully saturated rings. The molecular formula is C21H27N3O3. The lowest BCUT2D eigenvalue weighted by Crippen LogP contribution is -2.43. The highest BCUT2D eigenvalue weighted by atomic mass is 16.6. The second kappa shape index (κ2) is 10.2. The maximum absolute atomic E-state index is 10.9. The van der Waals surface area contributed by atoms with Gasteiger partial charge in [0.05, 0.1) is 11.8 Å². The highest BCUT2D eigenvalue weighted by Gasteiger charge is 2.28. The van der Waals surface area contributed by atoms with Gasteiger partial charge in [0.1, 0.15) is 12.4 Å². The van der Waals surface area contributed by atoms with Crippen LogP contribution < -0.4 is 15.8 Å². The van der Waals surface area contributed by atoms with Crippen molar-refractivity contribution in [3.63, 3.8) is 0 Å². The molecule has 2 amide bonds. The number of urea groups is 1. The first-order valence-corrected chi connectivity index (χ1v) is 9.17. The molecule has 0 spiro atoms. The highest BCUT2D eigenvalue weighted by Crippen LogP contribution is 2.21. The van der Waals surface area contributed by atoms with Crippen LogP contribution in [0.2, 0.25) is 0 Å². The molecular weight excluding hydrogens is 342 g/mol. The van der Waals surface area contributed by atoms with Crippen LogP contribution in [0.4, 0.5) is 4.79 Å². The molecule has 6 heteroatoms. The Morgan fingerprint density at radius 2 is 1.89 bits per heavy atom. The van der Waals surface area contributed by atoms with Crippen molar-refractivity contribution >= 4 is 11.7 Å². The zero-order valence-corrected chi connectivity index (χ0v) is 16.0. The van der Waals surface area contributed by atoms with Gasteiger partial charge >= 0.3 is 6.03 Å². The van der Waals surface area contributed by atoms with Gasteiger partial charge in [-0.2, -0.15) is 0 Å². The monoisotopic (exact) mass is 369 g/mol. The number of primary amides is 1. The second-order valence-corrected chi connectivity index (χ2v) is 5.98. The summed E-state index contributed by atoms with van der Waals surface area (Å²) in [6.07, 6.45) is 0.405. The predicted octanol–water partition coefficient (Wildman–Crippen LogP) is 3.84. The van der Waals surface area contributed by atoms with Gasteiger partial charge in [0.15, 0.2) is 6.10 Å². The molecule has 0 bridgehead atoms. The fourth-order valence-electron chi connectivity index (χ4n) is 2.64. The van der Waals surface area contributed by atoms with Crippen LogP contribution in [0.25, 0.3) is 0 Å². The summed E-state index contributed by atoms with van der Waals surface area (Å²) in [5.41, 5.74) is 8.08. The lowest BCUT2D eigenvalue weighted by atomic mass is 10.0. The third-order valence-electron chi connectivity index (χ3n) is 4.06. The van der Waals surface area contributed by atoms with Crippen molar-refractivity contribution in [1.82, 2.24) is 5.32 Å². The molecule has 6 nitrogen and oxygen atoms in total. The van der Waals surface area contributed by atoms with E-state index in [4.69, 9.17) is 15.3 Å². The van der Waals surface area contributed by atoms with Crippen LogP contribution in [0.3, 0.4) is 0 Å². The minimum absolute atomic E-state index is 0.202. The Balaban J connectivity index is 0.00000126. The third kappa shape index (κ3) is 6.02. The summed E-state index contributed by atoms with van der Waals surface area (Å²) in [5.74, 6) is 0.799. The third-order valence-corrected chi connectivity index (χ3v) is 4.06. The Morgan fingerprint density at radius 3 is 2.52 bits per heavy atom. The van der Waals surface area contributed by atoms with Crippen molar-refractivity contribution in [2.75, 3.05) is 0 Å². The van der Waals surface area contributed by atoms with E-state index in [-0.39, 0.29) is 12.1 Å². The number of oxime groups is 1. The van der Waals surface area contributed by atoms with Gasteiger partial charge < -0.3 is 20.6 Å². The lowest BCUT2D eigenvalue weighted by Gasteiger charge is -2.17. The van der Waals surface area contributed by atoms with Gasteiger partial charge in [-0.25, -0.2) is 4.79 Å². The van der Waals surface area contributed by atoms with Crippen LogP contribution in [0.15, 0.2) is 59.8 Å². The van der Waals surface area contributed by atoms with Crippen molar-refractivity contribution in [2.24, 2.45) is 10.9 Å². The van der Waals surface area contributed by atoms with Crippen molar-refractivity contribution in [2.45, 2.75) is 45.9 Å². The maximum Gasteiger partial charge on any atom is 0.312 e. The van der Waals surface area contributed by atoms with E-state index >= 15 is 0 Å². The number of rotatable bonds is 6. The maximum atomic E-state index is 10.9. The number of hydrogen-bond donors (Lipinski definition) is 2. The Hall–Kier alpha value is -3.02. The average molecular weight is 369 g/mol. The Morgan fingerprint density at radius 1 is 1.22 bits per heavy atom. The summed E-state index contributed by atoms with van der Waals surface area (Å²) < 4.78 is 5.78. The molecule has 2 aromatic rings. The number of nitrogens with two attached hydrogens (primary N) is 1. The summed E-state index contributed by atoms with van der Waals surface area (Å²) in [5, 5.41) is 6.74. The molecule has 1 heterocycles. The van der Waals surface area contributed by atoms with Crippen molar-refractivity contribution < 1.29 is 14.4 Å². The van der Waals surface area contributed by atoms with E-state index in [9.17, 15) is 4.79 Å². The molecule has 0 saturated heterocycles. The largest absolute Gasteiger partial charge is 0.489 e. The summed E-state index contributed by atoms with van der Waals surface area (Å²) in [7, 11) is 0. The van der Waals surface area contributed by atoms with Crippen LogP contribution in [0.1, 0.15) is 38.3 Å². The summed E-state index contributed by atoms with van der Waals surface area (Å²) in [6, 6.07) is 17.0.